The molecule has 13 nitrogen and oxygen atoms in total. The summed E-state index contributed by atoms with van der Waals surface area (Å²) in [6.07, 6.45) is 1.48. The summed E-state index contributed by atoms with van der Waals surface area (Å²) >= 11 is 3.09. The van der Waals surface area contributed by atoms with Gasteiger partial charge in [0.25, 0.3) is 5.91 Å². The zero-order valence-corrected chi connectivity index (χ0v) is 26.8. The largest absolute Gasteiger partial charge is 0.449 e. The average molecular weight is 718 g/mol. The Hall–Kier alpha value is -2.99. The number of aromatic nitrogens is 1. The molecule has 1 aromatic carbocycles. The molecule has 0 saturated carbocycles. The van der Waals surface area contributed by atoms with Crippen LogP contribution in [0.25, 0.3) is 0 Å². The molecule has 0 aliphatic heterocycles. The fourth-order valence-corrected chi connectivity index (χ4v) is 5.02. The summed E-state index contributed by atoms with van der Waals surface area (Å²) in [4.78, 5) is 69.4. The summed E-state index contributed by atoms with van der Waals surface area (Å²) in [5, 5.41) is 8.53. The summed E-state index contributed by atoms with van der Waals surface area (Å²) in [6.45, 7) is 2.37. The molecule has 42 heavy (non-hydrogen) atoms. The first-order chi connectivity index (χ1) is 20.0. The Morgan fingerprint density at radius 2 is 1.55 bits per heavy atom. The molecular formula is C27H36IN5O8S. The second-order valence-corrected chi connectivity index (χ2v) is 11.4. The third-order valence-electron chi connectivity index (χ3n) is 5.96. The van der Waals surface area contributed by atoms with Gasteiger partial charge in [-0.15, -0.1) is 11.3 Å². The first-order valence-corrected chi connectivity index (χ1v) is 15.2. The van der Waals surface area contributed by atoms with E-state index < -0.39 is 59.7 Å². The number of ether oxygens (including phenoxy) is 3. The van der Waals surface area contributed by atoms with Gasteiger partial charge in [-0.3, -0.25) is 24.0 Å². The summed E-state index contributed by atoms with van der Waals surface area (Å²) in [5.74, 6) is -3.27. The van der Waals surface area contributed by atoms with Gasteiger partial charge in [0.05, 0.1) is 37.0 Å². The highest BCUT2D eigenvalue weighted by Gasteiger charge is 2.42. The van der Waals surface area contributed by atoms with Gasteiger partial charge in [-0.05, 0) is 25.8 Å². The minimum absolute atomic E-state index is 0.0854. The van der Waals surface area contributed by atoms with E-state index in [4.69, 9.17) is 19.9 Å². The van der Waals surface area contributed by atoms with Gasteiger partial charge < -0.3 is 35.9 Å². The Morgan fingerprint density at radius 1 is 0.976 bits per heavy atom. The number of carbonyl (C=O) groups is 5. The highest BCUT2D eigenvalue weighted by atomic mass is 127. The predicted octanol–water partition coefficient (Wildman–Crippen LogP) is 0.320. The maximum atomic E-state index is 13.7. The van der Waals surface area contributed by atoms with Gasteiger partial charge in [-0.2, -0.15) is 0 Å². The van der Waals surface area contributed by atoms with Crippen molar-refractivity contribution in [3.63, 3.8) is 0 Å². The van der Waals surface area contributed by atoms with Crippen LogP contribution in [0.1, 0.15) is 27.2 Å². The second kappa shape index (κ2) is 17.2. The van der Waals surface area contributed by atoms with E-state index in [0.717, 1.165) is 16.9 Å². The van der Waals surface area contributed by atoms with E-state index in [1.807, 2.05) is 28.7 Å². The smallest absolute Gasteiger partial charge is 0.320 e. The van der Waals surface area contributed by atoms with Crippen LogP contribution in [0.4, 0.5) is 0 Å². The number of nitrogens with one attached hydrogen (secondary N) is 3. The van der Waals surface area contributed by atoms with E-state index in [1.165, 1.54) is 27.3 Å². The number of carbonyl (C=O) groups excluding carboxylic acids is 5. The number of amides is 3. The Bertz CT molecular complexity index is 1230. The summed E-state index contributed by atoms with van der Waals surface area (Å²) in [6, 6.07) is 5.45. The number of esters is 1. The minimum atomic E-state index is -1.58. The number of alkyl halides is 1. The Balaban J connectivity index is 2.27. The number of nitrogens with two attached hydrogens (primary N) is 1. The lowest BCUT2D eigenvalue weighted by Gasteiger charge is -2.31. The number of halogens is 1. The highest BCUT2D eigenvalue weighted by Crippen LogP contribution is 2.20. The quantitative estimate of drug-likeness (QED) is 0.101. The van der Waals surface area contributed by atoms with Crippen LogP contribution in [0.3, 0.4) is 0 Å². The van der Waals surface area contributed by atoms with Crippen molar-refractivity contribution in [2.24, 2.45) is 5.73 Å². The van der Waals surface area contributed by atoms with Crippen LogP contribution >= 0.6 is 33.9 Å². The molecule has 4 atom stereocenters. The van der Waals surface area contributed by atoms with Crippen LogP contribution in [0.5, 0.6) is 0 Å². The number of Topliss-reactive ketones (excluding diaryl/α,β-unsaturated/α-hetero) is 1. The minimum Gasteiger partial charge on any atom is -0.449 e. The van der Waals surface area contributed by atoms with Gasteiger partial charge in [0.15, 0.2) is 11.4 Å². The zero-order valence-electron chi connectivity index (χ0n) is 23.8. The highest BCUT2D eigenvalue weighted by molar-refractivity contribution is 14.1. The van der Waals surface area contributed by atoms with Gasteiger partial charge in [-0.25, -0.2) is 4.98 Å². The third-order valence-corrected chi connectivity index (χ3v) is 8.33. The van der Waals surface area contributed by atoms with Gasteiger partial charge in [-0.1, -0.05) is 52.9 Å². The van der Waals surface area contributed by atoms with Gasteiger partial charge in [0.1, 0.15) is 17.0 Å². The molecule has 15 heteroatoms. The molecule has 230 valence electrons. The van der Waals surface area contributed by atoms with Crippen LogP contribution in [-0.2, 0) is 39.8 Å². The fraction of sp³-hybridized carbons (Fsp3) is 0.481. The van der Waals surface area contributed by atoms with E-state index in [-0.39, 0.29) is 24.1 Å². The van der Waals surface area contributed by atoms with E-state index in [9.17, 15) is 24.0 Å². The van der Waals surface area contributed by atoms with Crippen molar-refractivity contribution < 1.29 is 38.2 Å². The van der Waals surface area contributed by atoms with Crippen LogP contribution in [0.2, 0.25) is 0 Å². The van der Waals surface area contributed by atoms with E-state index in [0.29, 0.717) is 9.88 Å². The molecule has 3 amide bonds. The number of thiazole rings is 1. The molecule has 1 heterocycles. The lowest BCUT2D eigenvalue weighted by atomic mass is 9.92. The second-order valence-electron chi connectivity index (χ2n) is 9.40. The Kier molecular flexibility index (Phi) is 14.4. The lowest BCUT2D eigenvalue weighted by Crippen LogP contribution is -2.60. The predicted molar refractivity (Wildman–Crippen MR) is 163 cm³/mol. The molecule has 2 aromatic rings. The van der Waals surface area contributed by atoms with E-state index >= 15 is 0 Å². The number of methoxy groups -OCH3 is 2. The van der Waals surface area contributed by atoms with Gasteiger partial charge in [0.2, 0.25) is 11.8 Å². The summed E-state index contributed by atoms with van der Waals surface area (Å²) < 4.78 is 15.8. The van der Waals surface area contributed by atoms with Crippen LogP contribution < -0.4 is 21.7 Å². The monoisotopic (exact) mass is 717 g/mol. The SMILES string of the molecule is COC[C@H](NC(=O)c1cnc(C)s1)C(=O)N[C@@H](COC)C(=O)N[C@@H](Cc1ccccc1)C(=O)[C@@](C)(CI)OC(=O)CN. The van der Waals surface area contributed by atoms with Crippen LogP contribution in [0.15, 0.2) is 36.5 Å². The molecular weight excluding hydrogens is 681 g/mol. The van der Waals surface area contributed by atoms with Gasteiger partial charge in [0, 0.05) is 18.6 Å². The molecule has 0 radical (unpaired) electrons. The third kappa shape index (κ3) is 10.4. The van der Waals surface area contributed by atoms with Crippen LogP contribution in [0, 0.1) is 6.92 Å². The Labute approximate surface area is 261 Å². The molecule has 0 aliphatic rings. The number of rotatable bonds is 17. The van der Waals surface area contributed by atoms with Crippen molar-refractivity contribution >= 4 is 63.4 Å². The summed E-state index contributed by atoms with van der Waals surface area (Å²) in [5.41, 5.74) is 4.56. The molecule has 0 saturated heterocycles. The van der Waals surface area contributed by atoms with Crippen molar-refractivity contribution in [1.82, 2.24) is 20.9 Å². The maximum absolute atomic E-state index is 13.7. The van der Waals surface area contributed by atoms with Crippen molar-refractivity contribution in [1.29, 1.82) is 0 Å². The van der Waals surface area contributed by atoms with Crippen molar-refractivity contribution in [3.05, 3.63) is 52.0 Å². The first-order valence-electron chi connectivity index (χ1n) is 12.9. The van der Waals surface area contributed by atoms with Crippen LogP contribution in [-0.4, -0.2) is 96.6 Å². The Morgan fingerprint density at radius 3 is 2.05 bits per heavy atom. The number of hydrogen-bond acceptors (Lipinski definition) is 11. The fourth-order valence-electron chi connectivity index (χ4n) is 3.80. The average Bonchev–Trinajstić information content (AvgIpc) is 3.42. The molecule has 0 spiro atoms. The molecule has 0 bridgehead atoms. The lowest BCUT2D eigenvalue weighted by molar-refractivity contribution is -0.162. The number of benzene rings is 1. The molecule has 0 unspecified atom stereocenters. The van der Waals surface area contributed by atoms with Crippen molar-refractivity contribution in [2.75, 3.05) is 38.4 Å². The normalized spacial score (nSPS) is 14.5. The van der Waals surface area contributed by atoms with E-state index in [2.05, 4.69) is 20.9 Å². The molecule has 2 rings (SSSR count). The first kappa shape index (κ1) is 35.2. The van der Waals surface area contributed by atoms with Gasteiger partial charge >= 0.3 is 5.97 Å². The topological polar surface area (TPSA) is 188 Å². The number of hydrogen-bond donors (Lipinski definition) is 4. The van der Waals surface area contributed by atoms with Crippen molar-refractivity contribution in [2.45, 2.75) is 44.0 Å². The molecule has 1 aromatic heterocycles. The van der Waals surface area contributed by atoms with E-state index in [1.54, 1.807) is 31.2 Å². The maximum Gasteiger partial charge on any atom is 0.320 e. The number of aryl methyl sites for hydroxylation is 1. The standard InChI is InChI=1S/C27H36IN5O8S/c1-16-30-12-21(42-16)26(38)33-20(14-40-4)25(37)32-19(13-39-3)24(36)31-18(10-17-8-6-5-7-9-17)23(35)27(2,15-28)41-22(34)11-29/h5-9,12,18-20H,10-11,13-15,29H2,1-4H3,(H,31,36)(H,32,37)(H,33,38)/t18-,19-,20-,27+/m0/s1. The van der Waals surface area contributed by atoms with Crippen molar-refractivity contribution in [3.8, 4) is 0 Å². The zero-order chi connectivity index (χ0) is 31.3. The number of nitrogens with zero attached hydrogens (tertiary/aromatic N) is 1. The molecule has 5 N–H and O–H groups in total. The molecule has 0 fully saturated rings. The molecule has 0 aliphatic carbocycles. The number of ketones is 1. The summed E-state index contributed by atoms with van der Waals surface area (Å²) in [7, 11) is 2.71.